The molecule has 2 heterocycles. The third-order valence-electron chi connectivity index (χ3n) is 4.46. The number of carbonyl (C=O) groups excluding carboxylic acids is 1. The van der Waals surface area contributed by atoms with Gasteiger partial charge in [0.15, 0.2) is 5.82 Å². The number of carbonyl (C=O) groups is 1. The van der Waals surface area contributed by atoms with Gasteiger partial charge in [-0.15, -0.1) is 12.4 Å². The molecule has 0 spiro atoms. The molecule has 0 radical (unpaired) electrons. The zero-order valence-corrected chi connectivity index (χ0v) is 15.3. The van der Waals surface area contributed by atoms with Gasteiger partial charge in [0.2, 0.25) is 5.91 Å². The van der Waals surface area contributed by atoms with Crippen LogP contribution in [0.4, 0.5) is 5.69 Å². The van der Waals surface area contributed by atoms with Crippen molar-refractivity contribution in [3.63, 3.8) is 0 Å². The number of H-pyrrole nitrogens is 1. The van der Waals surface area contributed by atoms with Gasteiger partial charge in [0.25, 0.3) is 0 Å². The fourth-order valence-corrected chi connectivity index (χ4v) is 3.06. The van der Waals surface area contributed by atoms with Gasteiger partial charge in [-0.2, -0.15) is 5.10 Å². The highest BCUT2D eigenvalue weighted by Crippen LogP contribution is 2.31. The number of aromatic nitrogens is 3. The molecule has 0 aliphatic carbocycles. The summed E-state index contributed by atoms with van der Waals surface area (Å²) in [5.74, 6) is 1.45. The van der Waals surface area contributed by atoms with Crippen LogP contribution in [0.1, 0.15) is 18.7 Å². The number of aromatic amines is 1. The first-order valence-corrected chi connectivity index (χ1v) is 8.13. The van der Waals surface area contributed by atoms with E-state index in [2.05, 4.69) is 25.8 Å². The number of ether oxygens (including phenoxy) is 1. The number of amides is 1. The number of rotatable bonds is 5. The molecule has 25 heavy (non-hydrogen) atoms. The van der Waals surface area contributed by atoms with Gasteiger partial charge in [-0.3, -0.25) is 9.89 Å². The summed E-state index contributed by atoms with van der Waals surface area (Å²) >= 11 is 0. The Hall–Kier alpha value is -1.96. The minimum Gasteiger partial charge on any atom is -0.384 e. The molecule has 1 fully saturated rings. The first-order valence-electron chi connectivity index (χ1n) is 8.13. The van der Waals surface area contributed by atoms with E-state index in [0.29, 0.717) is 12.4 Å². The largest absolute Gasteiger partial charge is 0.384 e. The molecule has 136 valence electrons. The van der Waals surface area contributed by atoms with Crippen LogP contribution >= 0.6 is 12.4 Å². The van der Waals surface area contributed by atoms with Gasteiger partial charge in [-0.05, 0) is 57.1 Å². The molecule has 2 aromatic rings. The fraction of sp³-hybridized carbons (Fsp3) is 0.471. The van der Waals surface area contributed by atoms with E-state index in [-0.39, 0.29) is 18.3 Å². The average Bonchev–Trinajstić information content (AvgIpc) is 3.03. The molecular formula is C17H24ClN5O2. The first-order chi connectivity index (χ1) is 11.6. The number of piperidine rings is 1. The summed E-state index contributed by atoms with van der Waals surface area (Å²) in [6.45, 7) is 3.97. The Bertz CT molecular complexity index is 690. The van der Waals surface area contributed by atoms with E-state index in [1.54, 1.807) is 7.11 Å². The van der Waals surface area contributed by atoms with Crippen molar-refractivity contribution < 1.29 is 9.53 Å². The maximum Gasteiger partial charge on any atom is 0.233 e. The molecule has 3 N–H and O–H groups in total. The Morgan fingerprint density at radius 3 is 2.52 bits per heavy atom. The lowest BCUT2D eigenvalue weighted by atomic mass is 9.78. The molecule has 1 saturated heterocycles. The highest BCUT2D eigenvalue weighted by molar-refractivity contribution is 5.95. The van der Waals surface area contributed by atoms with Gasteiger partial charge in [0.05, 0.1) is 12.0 Å². The van der Waals surface area contributed by atoms with Crippen LogP contribution < -0.4 is 10.6 Å². The summed E-state index contributed by atoms with van der Waals surface area (Å²) in [4.78, 5) is 17.1. The highest BCUT2D eigenvalue weighted by Gasteiger charge is 2.39. The highest BCUT2D eigenvalue weighted by atomic mass is 35.5. The van der Waals surface area contributed by atoms with Crippen LogP contribution in [0.25, 0.3) is 11.4 Å². The predicted octanol–water partition coefficient (Wildman–Crippen LogP) is 2.16. The summed E-state index contributed by atoms with van der Waals surface area (Å²) < 4.78 is 5.31. The number of nitrogens with zero attached hydrogens (tertiary/aromatic N) is 2. The number of aryl methyl sites for hydroxylation is 1. The standard InChI is InChI=1S/C17H23N5O2.ClH/c1-12-19-15(22-21-12)13-3-5-14(6-4-13)20-16(23)17(11-24-2)7-9-18-10-8-17;/h3-6,18H,7-11H2,1-2H3,(H,20,23)(H,19,21,22);1H. The van der Waals surface area contributed by atoms with Gasteiger partial charge in [-0.25, -0.2) is 4.98 Å². The molecular weight excluding hydrogens is 342 g/mol. The number of benzene rings is 1. The number of halogens is 1. The molecule has 1 aromatic carbocycles. The van der Waals surface area contributed by atoms with Crippen LogP contribution in [-0.4, -0.2) is 47.9 Å². The molecule has 0 unspecified atom stereocenters. The first kappa shape index (κ1) is 19.4. The third-order valence-corrected chi connectivity index (χ3v) is 4.46. The third kappa shape index (κ3) is 4.36. The lowest BCUT2D eigenvalue weighted by Crippen LogP contribution is -2.47. The Labute approximate surface area is 153 Å². The van der Waals surface area contributed by atoms with Crippen LogP contribution in [0.3, 0.4) is 0 Å². The van der Waals surface area contributed by atoms with Gasteiger partial charge in [-0.1, -0.05) is 0 Å². The van der Waals surface area contributed by atoms with Crippen LogP contribution in [0.2, 0.25) is 0 Å². The van der Waals surface area contributed by atoms with Crippen LogP contribution in [0, 0.1) is 12.3 Å². The van der Waals surface area contributed by atoms with Crippen molar-refractivity contribution in [1.29, 1.82) is 0 Å². The monoisotopic (exact) mass is 365 g/mol. The van der Waals surface area contributed by atoms with Gasteiger partial charge < -0.3 is 15.4 Å². The summed E-state index contributed by atoms with van der Waals surface area (Å²) in [6, 6.07) is 7.56. The quantitative estimate of drug-likeness (QED) is 0.755. The zero-order valence-electron chi connectivity index (χ0n) is 14.5. The summed E-state index contributed by atoms with van der Waals surface area (Å²) in [5.41, 5.74) is 1.22. The van der Waals surface area contributed by atoms with Crippen molar-refractivity contribution in [3.8, 4) is 11.4 Å². The van der Waals surface area contributed by atoms with Gasteiger partial charge >= 0.3 is 0 Å². The second-order valence-corrected chi connectivity index (χ2v) is 6.24. The van der Waals surface area contributed by atoms with E-state index >= 15 is 0 Å². The minimum atomic E-state index is -0.459. The number of hydrogen-bond acceptors (Lipinski definition) is 5. The number of hydrogen-bond donors (Lipinski definition) is 3. The Balaban J connectivity index is 0.00000225. The van der Waals surface area contributed by atoms with Gasteiger partial charge in [0.1, 0.15) is 5.82 Å². The lowest BCUT2D eigenvalue weighted by molar-refractivity contribution is -0.130. The summed E-state index contributed by atoms with van der Waals surface area (Å²) in [6.07, 6.45) is 1.56. The van der Waals surface area contributed by atoms with E-state index < -0.39 is 5.41 Å². The predicted molar refractivity (Wildman–Crippen MR) is 98.8 cm³/mol. The van der Waals surface area contributed by atoms with Crippen LogP contribution in [0.15, 0.2) is 24.3 Å². The molecule has 0 atom stereocenters. The van der Waals surface area contributed by atoms with Crippen molar-refractivity contribution in [1.82, 2.24) is 20.5 Å². The second kappa shape index (κ2) is 8.42. The molecule has 1 amide bonds. The minimum absolute atomic E-state index is 0. The lowest BCUT2D eigenvalue weighted by Gasteiger charge is -2.35. The van der Waals surface area contributed by atoms with Crippen molar-refractivity contribution in [3.05, 3.63) is 30.1 Å². The Morgan fingerprint density at radius 1 is 1.28 bits per heavy atom. The van der Waals surface area contributed by atoms with Crippen molar-refractivity contribution in [2.45, 2.75) is 19.8 Å². The molecule has 1 aliphatic rings. The van der Waals surface area contributed by atoms with Crippen LogP contribution in [0.5, 0.6) is 0 Å². The fourth-order valence-electron chi connectivity index (χ4n) is 3.06. The van der Waals surface area contributed by atoms with E-state index in [4.69, 9.17) is 4.74 Å². The van der Waals surface area contributed by atoms with E-state index in [9.17, 15) is 4.79 Å². The molecule has 0 bridgehead atoms. The maximum absolute atomic E-state index is 12.8. The van der Waals surface area contributed by atoms with Crippen molar-refractivity contribution >= 4 is 24.0 Å². The zero-order chi connectivity index (χ0) is 17.0. The van der Waals surface area contributed by atoms with Crippen molar-refractivity contribution in [2.75, 3.05) is 32.1 Å². The number of anilines is 1. The van der Waals surface area contributed by atoms with E-state index in [1.807, 2.05) is 31.2 Å². The molecule has 1 aliphatic heterocycles. The summed E-state index contributed by atoms with van der Waals surface area (Å²) in [7, 11) is 1.64. The SMILES string of the molecule is COCC1(C(=O)Nc2ccc(-c3n[nH]c(C)n3)cc2)CCNCC1.Cl. The summed E-state index contributed by atoms with van der Waals surface area (Å²) in [5, 5.41) is 13.3. The average molecular weight is 366 g/mol. The normalized spacial score (nSPS) is 16.1. The number of nitrogens with one attached hydrogen (secondary N) is 3. The van der Waals surface area contributed by atoms with E-state index in [1.165, 1.54) is 0 Å². The molecule has 3 rings (SSSR count). The second-order valence-electron chi connectivity index (χ2n) is 6.24. The molecule has 7 nitrogen and oxygen atoms in total. The molecule has 0 saturated carbocycles. The Morgan fingerprint density at radius 2 is 1.96 bits per heavy atom. The van der Waals surface area contributed by atoms with Gasteiger partial charge in [0, 0.05) is 18.4 Å². The maximum atomic E-state index is 12.8. The topological polar surface area (TPSA) is 91.9 Å². The van der Waals surface area contributed by atoms with Crippen LogP contribution in [-0.2, 0) is 9.53 Å². The molecule has 1 aromatic heterocycles. The molecule has 8 heteroatoms. The Kier molecular flexibility index (Phi) is 6.52. The van der Waals surface area contributed by atoms with E-state index in [0.717, 1.165) is 43.0 Å². The smallest absolute Gasteiger partial charge is 0.233 e. The number of methoxy groups -OCH3 is 1. The van der Waals surface area contributed by atoms with Crippen molar-refractivity contribution in [2.24, 2.45) is 5.41 Å².